The molecular weight excluding hydrogens is 481 g/mol. The molecule has 190 valence electrons. The second-order valence-electron chi connectivity index (χ2n) is 10.0. The van der Waals surface area contributed by atoms with Gasteiger partial charge in [-0.2, -0.15) is 0 Å². The van der Waals surface area contributed by atoms with Crippen molar-refractivity contribution < 1.29 is 18.9 Å². The van der Waals surface area contributed by atoms with Crippen molar-refractivity contribution in [2.75, 3.05) is 18.1 Å². The van der Waals surface area contributed by atoms with Crippen LogP contribution in [0.25, 0.3) is 22.3 Å². The molecule has 0 aliphatic carbocycles. The predicted octanol–water partition coefficient (Wildman–Crippen LogP) is 7.69. The van der Waals surface area contributed by atoms with E-state index in [2.05, 4.69) is 108 Å². The van der Waals surface area contributed by atoms with Crippen LogP contribution in [0.4, 0.5) is 11.4 Å². The topological polar surface area (TPSA) is 70.0 Å². The van der Waals surface area contributed by atoms with Gasteiger partial charge < -0.3 is 14.7 Å². The molecule has 0 amide bonds. The molecule has 0 spiro atoms. The lowest BCUT2D eigenvalue weighted by atomic mass is 9.72. The number of hydrogen-bond donors (Lipinski definition) is 2. The number of nitrogens with zero attached hydrogens (tertiary/aromatic N) is 1. The first kappa shape index (κ1) is 25.4. The highest BCUT2D eigenvalue weighted by Crippen LogP contribution is 2.51. The summed E-state index contributed by atoms with van der Waals surface area (Å²) in [6, 6.07) is 34.3. The molecule has 5 nitrogen and oxygen atoms in total. The molecule has 0 saturated heterocycles. The first-order chi connectivity index (χ1) is 17.7. The average Bonchev–Trinajstić information content (AvgIpc) is 2.90. The smallest absolute Gasteiger partial charge is 0.341 e. The van der Waals surface area contributed by atoms with E-state index in [1.165, 1.54) is 44.8 Å². The van der Waals surface area contributed by atoms with E-state index in [1.54, 1.807) is 0 Å². The zero-order valence-corrected chi connectivity index (χ0v) is 22.1. The van der Waals surface area contributed by atoms with E-state index in [-0.39, 0.29) is 12.0 Å². The molecule has 1 heterocycles. The normalized spacial score (nSPS) is 14.2. The Hall–Kier alpha value is -3.21. The van der Waals surface area contributed by atoms with Crippen molar-refractivity contribution in [1.29, 1.82) is 0 Å². The largest absolute Gasteiger partial charge is 0.469 e. The third kappa shape index (κ3) is 5.41. The molecule has 1 aliphatic heterocycles. The number of unbranched alkanes of at least 4 members (excludes halogenated alkanes) is 1. The van der Waals surface area contributed by atoms with Crippen molar-refractivity contribution in [2.45, 2.75) is 32.1 Å². The number of anilines is 2. The Morgan fingerprint density at radius 3 is 1.65 bits per heavy atom. The predicted molar refractivity (Wildman–Crippen MR) is 150 cm³/mol. The van der Waals surface area contributed by atoms with Gasteiger partial charge in [0.1, 0.15) is 0 Å². The van der Waals surface area contributed by atoms with E-state index in [0.29, 0.717) is 6.42 Å². The van der Waals surface area contributed by atoms with Gasteiger partial charge in [0, 0.05) is 23.3 Å². The fourth-order valence-electron chi connectivity index (χ4n) is 5.24. The summed E-state index contributed by atoms with van der Waals surface area (Å²) in [7, 11) is -4.44. The summed E-state index contributed by atoms with van der Waals surface area (Å²) < 4.78 is 15.7. The van der Waals surface area contributed by atoms with E-state index >= 15 is 0 Å². The van der Waals surface area contributed by atoms with Crippen LogP contribution in [-0.4, -0.2) is 22.9 Å². The summed E-state index contributed by atoms with van der Waals surface area (Å²) in [4.78, 5) is 20.3. The van der Waals surface area contributed by atoms with Gasteiger partial charge in [-0.25, -0.2) is 4.57 Å². The van der Waals surface area contributed by atoms with Gasteiger partial charge in [-0.3, -0.25) is 4.52 Å². The second-order valence-corrected chi connectivity index (χ2v) is 11.2. The number of hydrogen-bond acceptors (Lipinski definition) is 3. The van der Waals surface area contributed by atoms with E-state index in [0.717, 1.165) is 13.0 Å². The molecule has 0 bridgehead atoms. The molecular formula is C31H32NO4P. The van der Waals surface area contributed by atoms with Crippen molar-refractivity contribution in [3.05, 3.63) is 108 Å². The van der Waals surface area contributed by atoms with Gasteiger partial charge in [-0.15, -0.1) is 0 Å². The van der Waals surface area contributed by atoms with Gasteiger partial charge >= 0.3 is 7.82 Å². The van der Waals surface area contributed by atoms with Crippen LogP contribution in [0.5, 0.6) is 0 Å². The van der Waals surface area contributed by atoms with Crippen LogP contribution < -0.4 is 4.90 Å². The van der Waals surface area contributed by atoms with Crippen LogP contribution in [0.2, 0.25) is 0 Å². The summed E-state index contributed by atoms with van der Waals surface area (Å²) in [5, 5.41) is 0. The van der Waals surface area contributed by atoms with Crippen LogP contribution in [0.15, 0.2) is 97.1 Å². The number of phosphoric acid groups is 1. The molecule has 0 radical (unpaired) electrons. The Morgan fingerprint density at radius 2 is 1.19 bits per heavy atom. The Kier molecular flexibility index (Phi) is 7.06. The van der Waals surface area contributed by atoms with Crippen molar-refractivity contribution in [2.24, 2.45) is 0 Å². The lowest BCUT2D eigenvalue weighted by Crippen LogP contribution is -2.33. The molecule has 2 N–H and O–H groups in total. The molecule has 37 heavy (non-hydrogen) atoms. The van der Waals surface area contributed by atoms with Crippen molar-refractivity contribution >= 4 is 19.2 Å². The SMILES string of the molecule is CC1(C)c2cc(-c3ccccc3)ccc2N(CCCCOP(=O)(O)O)c2ccc(-c3ccccc3)cc21. The summed E-state index contributed by atoms with van der Waals surface area (Å²) >= 11 is 0. The van der Waals surface area contributed by atoms with Crippen LogP contribution in [-0.2, 0) is 14.5 Å². The van der Waals surface area contributed by atoms with Gasteiger partial charge in [0.15, 0.2) is 0 Å². The number of benzene rings is 4. The second kappa shape index (κ2) is 10.3. The highest BCUT2D eigenvalue weighted by atomic mass is 31.2. The van der Waals surface area contributed by atoms with Crippen LogP contribution in [0, 0.1) is 0 Å². The third-order valence-corrected chi connectivity index (χ3v) is 7.69. The Morgan fingerprint density at radius 1 is 0.703 bits per heavy atom. The number of phosphoric ester groups is 1. The van der Waals surface area contributed by atoms with Gasteiger partial charge in [-0.05, 0) is 70.5 Å². The van der Waals surface area contributed by atoms with Crippen LogP contribution >= 0.6 is 7.82 Å². The van der Waals surface area contributed by atoms with E-state index in [9.17, 15) is 4.57 Å². The fourth-order valence-corrected chi connectivity index (χ4v) is 5.60. The minimum Gasteiger partial charge on any atom is -0.341 e. The Bertz CT molecular complexity index is 1340. The summed E-state index contributed by atoms with van der Waals surface area (Å²) in [6.45, 7) is 5.33. The summed E-state index contributed by atoms with van der Waals surface area (Å²) in [6.07, 6.45) is 1.29. The Balaban J connectivity index is 1.55. The van der Waals surface area contributed by atoms with Crippen molar-refractivity contribution in [1.82, 2.24) is 0 Å². The molecule has 4 aromatic carbocycles. The molecule has 0 fully saturated rings. The highest BCUT2D eigenvalue weighted by Gasteiger charge is 2.36. The molecule has 0 atom stereocenters. The number of rotatable bonds is 8. The standard InChI is InChI=1S/C31H32NO4P/c1-31(2)27-21-25(23-11-5-3-6-12-23)15-17-29(27)32(19-9-10-20-36-37(33,34)35)30-18-16-26(22-28(30)31)24-13-7-4-8-14-24/h3-8,11-18,21-22H,9-10,19-20H2,1-2H3,(H2,33,34,35). The van der Waals surface area contributed by atoms with Crippen LogP contribution in [0.3, 0.4) is 0 Å². The quantitative estimate of drug-likeness (QED) is 0.187. The van der Waals surface area contributed by atoms with Gasteiger partial charge in [0.05, 0.1) is 6.61 Å². The first-order valence-corrected chi connectivity index (χ1v) is 14.1. The zero-order chi connectivity index (χ0) is 26.0. The molecule has 5 rings (SSSR count). The Labute approximate surface area is 218 Å². The zero-order valence-electron chi connectivity index (χ0n) is 21.2. The van der Waals surface area contributed by atoms with E-state index in [1.807, 2.05) is 12.1 Å². The number of fused-ring (bicyclic) bond motifs is 2. The minimum absolute atomic E-state index is 0.0310. The lowest BCUT2D eigenvalue weighted by molar-refractivity contribution is 0.194. The lowest BCUT2D eigenvalue weighted by Gasteiger charge is -2.42. The summed E-state index contributed by atoms with van der Waals surface area (Å²) in [5.74, 6) is 0. The molecule has 0 saturated carbocycles. The maximum absolute atomic E-state index is 11.1. The monoisotopic (exact) mass is 513 g/mol. The van der Waals surface area contributed by atoms with Gasteiger partial charge in [0.2, 0.25) is 0 Å². The van der Waals surface area contributed by atoms with E-state index < -0.39 is 7.82 Å². The molecule has 4 aromatic rings. The van der Waals surface area contributed by atoms with E-state index in [4.69, 9.17) is 9.79 Å². The van der Waals surface area contributed by atoms with Crippen molar-refractivity contribution in [3.63, 3.8) is 0 Å². The van der Waals surface area contributed by atoms with Crippen molar-refractivity contribution in [3.8, 4) is 22.3 Å². The first-order valence-electron chi connectivity index (χ1n) is 12.6. The minimum atomic E-state index is -4.44. The van der Waals surface area contributed by atoms with Gasteiger partial charge in [-0.1, -0.05) is 86.6 Å². The third-order valence-electron chi connectivity index (χ3n) is 7.17. The molecule has 0 aromatic heterocycles. The van der Waals surface area contributed by atoms with Crippen LogP contribution in [0.1, 0.15) is 37.8 Å². The summed E-state index contributed by atoms with van der Waals surface area (Å²) in [5.41, 5.74) is 9.38. The molecule has 1 aliphatic rings. The average molecular weight is 514 g/mol. The highest BCUT2D eigenvalue weighted by molar-refractivity contribution is 7.46. The maximum Gasteiger partial charge on any atom is 0.469 e. The molecule has 6 heteroatoms. The molecule has 0 unspecified atom stereocenters. The van der Waals surface area contributed by atoms with Gasteiger partial charge in [0.25, 0.3) is 0 Å². The fraction of sp³-hybridized carbons (Fsp3) is 0.226. The maximum atomic E-state index is 11.1.